The number of benzene rings is 2. The van der Waals surface area contributed by atoms with Gasteiger partial charge in [0, 0.05) is 44.0 Å². The molecule has 0 saturated carbocycles. The van der Waals surface area contributed by atoms with Crippen LogP contribution >= 0.6 is 0 Å². The second kappa shape index (κ2) is 9.40. The van der Waals surface area contributed by atoms with Gasteiger partial charge in [0.25, 0.3) is 0 Å². The number of hydrogen-bond acceptors (Lipinski definition) is 4. The second-order valence-electron chi connectivity index (χ2n) is 8.69. The molecule has 0 aliphatic carbocycles. The summed E-state index contributed by atoms with van der Waals surface area (Å²) in [5, 5.41) is 2.95. The molecule has 1 amide bonds. The Morgan fingerprint density at radius 2 is 1.68 bits per heavy atom. The SMILES string of the molecule is CC1CCN(c2ccc(NC(=O)CCc3ccc(S(=O)(=O)N4CCCC4)cc3)cc2)C1. The molecule has 0 radical (unpaired) electrons. The van der Waals surface area contributed by atoms with Crippen LogP contribution in [0.2, 0.25) is 0 Å². The van der Waals surface area contributed by atoms with Crippen LogP contribution in [0.15, 0.2) is 53.4 Å². The van der Waals surface area contributed by atoms with E-state index in [1.807, 2.05) is 24.3 Å². The van der Waals surface area contributed by atoms with E-state index in [2.05, 4.69) is 29.3 Å². The monoisotopic (exact) mass is 441 g/mol. The van der Waals surface area contributed by atoms with Gasteiger partial charge in [-0.1, -0.05) is 19.1 Å². The maximum Gasteiger partial charge on any atom is 0.243 e. The molecule has 2 aromatic carbocycles. The van der Waals surface area contributed by atoms with Crippen LogP contribution in [0.25, 0.3) is 0 Å². The summed E-state index contributed by atoms with van der Waals surface area (Å²) in [7, 11) is -3.39. The fourth-order valence-electron chi connectivity index (χ4n) is 4.31. The van der Waals surface area contributed by atoms with E-state index in [0.29, 0.717) is 30.8 Å². The molecule has 1 unspecified atom stereocenters. The highest BCUT2D eigenvalue weighted by Crippen LogP contribution is 2.25. The largest absolute Gasteiger partial charge is 0.371 e. The van der Waals surface area contributed by atoms with Gasteiger partial charge in [0.2, 0.25) is 15.9 Å². The normalized spacial score (nSPS) is 19.6. The van der Waals surface area contributed by atoms with Crippen LogP contribution in [0.5, 0.6) is 0 Å². The van der Waals surface area contributed by atoms with Crippen LogP contribution in [0.1, 0.15) is 38.2 Å². The molecule has 2 saturated heterocycles. The lowest BCUT2D eigenvalue weighted by molar-refractivity contribution is -0.116. The minimum absolute atomic E-state index is 0.0451. The molecule has 1 N–H and O–H groups in total. The Bertz CT molecular complexity index is 997. The number of hydrogen-bond donors (Lipinski definition) is 1. The van der Waals surface area contributed by atoms with Crippen molar-refractivity contribution in [1.29, 1.82) is 0 Å². The summed E-state index contributed by atoms with van der Waals surface area (Å²) in [6.45, 7) is 5.65. The van der Waals surface area contributed by atoms with Gasteiger partial charge in [0.1, 0.15) is 0 Å². The molecule has 6 nitrogen and oxygen atoms in total. The molecule has 2 fully saturated rings. The number of nitrogens with zero attached hydrogens (tertiary/aromatic N) is 2. The third-order valence-corrected chi connectivity index (χ3v) is 8.12. The molecule has 7 heteroatoms. The fourth-order valence-corrected chi connectivity index (χ4v) is 5.83. The van der Waals surface area contributed by atoms with Crippen molar-refractivity contribution in [3.63, 3.8) is 0 Å². The lowest BCUT2D eigenvalue weighted by Crippen LogP contribution is -2.27. The molecule has 0 aromatic heterocycles. The Morgan fingerprint density at radius 3 is 2.29 bits per heavy atom. The number of carbonyl (C=O) groups is 1. The van der Waals surface area contributed by atoms with Crippen molar-refractivity contribution in [2.24, 2.45) is 5.92 Å². The number of sulfonamides is 1. The highest BCUT2D eigenvalue weighted by Gasteiger charge is 2.26. The molecule has 31 heavy (non-hydrogen) atoms. The molecule has 1 atom stereocenters. The molecular weight excluding hydrogens is 410 g/mol. The molecule has 2 heterocycles. The topological polar surface area (TPSA) is 69.7 Å². The Labute approximate surface area is 185 Å². The molecule has 2 aliphatic heterocycles. The molecule has 0 bridgehead atoms. The number of amides is 1. The maximum absolute atomic E-state index is 12.6. The summed E-state index contributed by atoms with van der Waals surface area (Å²) in [6.07, 6.45) is 3.99. The number of anilines is 2. The van der Waals surface area contributed by atoms with Crippen molar-refractivity contribution < 1.29 is 13.2 Å². The summed E-state index contributed by atoms with van der Waals surface area (Å²) in [4.78, 5) is 15.1. The third kappa shape index (κ3) is 5.28. The summed E-state index contributed by atoms with van der Waals surface area (Å²) >= 11 is 0. The van der Waals surface area contributed by atoms with E-state index < -0.39 is 10.0 Å². The predicted octanol–water partition coefficient (Wildman–Crippen LogP) is 3.89. The smallest absolute Gasteiger partial charge is 0.243 e. The van der Waals surface area contributed by atoms with Crippen LogP contribution in [0, 0.1) is 5.92 Å². The van der Waals surface area contributed by atoms with Crippen LogP contribution in [-0.2, 0) is 21.2 Å². The Hall–Kier alpha value is -2.38. The van der Waals surface area contributed by atoms with Gasteiger partial charge < -0.3 is 10.2 Å². The third-order valence-electron chi connectivity index (χ3n) is 6.21. The van der Waals surface area contributed by atoms with Crippen LogP contribution in [0.4, 0.5) is 11.4 Å². The van der Waals surface area contributed by atoms with Crippen molar-refractivity contribution in [2.45, 2.75) is 43.9 Å². The van der Waals surface area contributed by atoms with Gasteiger partial charge in [-0.15, -0.1) is 0 Å². The van der Waals surface area contributed by atoms with Crippen LogP contribution < -0.4 is 10.2 Å². The van der Waals surface area contributed by atoms with E-state index in [9.17, 15) is 13.2 Å². The van der Waals surface area contributed by atoms with E-state index >= 15 is 0 Å². The van der Waals surface area contributed by atoms with Crippen molar-refractivity contribution in [3.05, 3.63) is 54.1 Å². The number of carbonyl (C=O) groups excluding carboxylic acids is 1. The number of aryl methyl sites for hydroxylation is 1. The second-order valence-corrected chi connectivity index (χ2v) is 10.6. The van der Waals surface area contributed by atoms with E-state index in [1.54, 1.807) is 16.4 Å². The zero-order valence-electron chi connectivity index (χ0n) is 18.1. The van der Waals surface area contributed by atoms with Crippen LogP contribution in [0.3, 0.4) is 0 Å². The standard InChI is InChI=1S/C24H31N3O3S/c1-19-14-17-26(18-19)22-9-7-21(8-10-22)25-24(28)13-6-20-4-11-23(12-5-20)31(29,30)27-15-2-3-16-27/h4-5,7-12,19H,2-3,6,13-18H2,1H3,(H,25,28). The van der Waals surface area contributed by atoms with Gasteiger partial charge >= 0.3 is 0 Å². The quantitative estimate of drug-likeness (QED) is 0.708. The van der Waals surface area contributed by atoms with Gasteiger partial charge in [-0.2, -0.15) is 4.31 Å². The first kappa shape index (κ1) is 21.8. The van der Waals surface area contributed by atoms with E-state index in [0.717, 1.165) is 43.1 Å². The first-order chi connectivity index (χ1) is 14.9. The molecule has 0 spiro atoms. The van der Waals surface area contributed by atoms with Crippen LogP contribution in [-0.4, -0.2) is 44.8 Å². The zero-order valence-corrected chi connectivity index (χ0v) is 18.9. The average molecular weight is 442 g/mol. The van der Waals surface area contributed by atoms with Gasteiger partial charge in [0.05, 0.1) is 4.90 Å². The molecule has 166 valence electrons. The Morgan fingerprint density at radius 1 is 1.00 bits per heavy atom. The maximum atomic E-state index is 12.6. The fraction of sp³-hybridized carbons (Fsp3) is 0.458. The van der Waals surface area contributed by atoms with Gasteiger partial charge in [-0.3, -0.25) is 4.79 Å². The van der Waals surface area contributed by atoms with E-state index in [1.165, 1.54) is 12.1 Å². The molecule has 2 aliphatic rings. The Kier molecular flexibility index (Phi) is 6.62. The molecular formula is C24H31N3O3S. The highest BCUT2D eigenvalue weighted by atomic mass is 32.2. The predicted molar refractivity (Wildman–Crippen MR) is 124 cm³/mol. The van der Waals surface area contributed by atoms with E-state index in [-0.39, 0.29) is 5.91 Å². The Balaban J connectivity index is 1.28. The average Bonchev–Trinajstić information content (AvgIpc) is 3.46. The summed E-state index contributed by atoms with van der Waals surface area (Å²) in [5.74, 6) is 0.685. The lowest BCUT2D eigenvalue weighted by Gasteiger charge is -2.18. The summed E-state index contributed by atoms with van der Waals surface area (Å²) in [5.41, 5.74) is 2.95. The van der Waals surface area contributed by atoms with Crippen molar-refractivity contribution >= 4 is 27.3 Å². The minimum Gasteiger partial charge on any atom is -0.371 e. The molecule has 2 aromatic rings. The first-order valence-electron chi connectivity index (χ1n) is 11.2. The summed E-state index contributed by atoms with van der Waals surface area (Å²) < 4.78 is 26.7. The summed E-state index contributed by atoms with van der Waals surface area (Å²) in [6, 6.07) is 14.9. The minimum atomic E-state index is -3.39. The first-order valence-corrected chi connectivity index (χ1v) is 12.6. The molecule has 4 rings (SSSR count). The van der Waals surface area contributed by atoms with Crippen molar-refractivity contribution in [3.8, 4) is 0 Å². The van der Waals surface area contributed by atoms with Gasteiger partial charge in [-0.25, -0.2) is 8.42 Å². The highest BCUT2D eigenvalue weighted by molar-refractivity contribution is 7.89. The zero-order chi connectivity index (χ0) is 21.8. The van der Waals surface area contributed by atoms with Crippen molar-refractivity contribution in [1.82, 2.24) is 4.31 Å². The van der Waals surface area contributed by atoms with Crippen molar-refractivity contribution in [2.75, 3.05) is 36.4 Å². The van der Waals surface area contributed by atoms with E-state index in [4.69, 9.17) is 0 Å². The number of rotatable bonds is 7. The number of nitrogens with one attached hydrogen (secondary N) is 1. The lowest BCUT2D eigenvalue weighted by atomic mass is 10.1. The van der Waals surface area contributed by atoms with Gasteiger partial charge in [-0.05, 0) is 73.6 Å². The van der Waals surface area contributed by atoms with Gasteiger partial charge in [0.15, 0.2) is 0 Å².